The molecule has 0 aromatic carbocycles. The van der Waals surface area contributed by atoms with Crippen molar-refractivity contribution < 1.29 is 14.4 Å². The van der Waals surface area contributed by atoms with Crippen LogP contribution in [0.25, 0.3) is 0 Å². The Bertz CT molecular complexity index is 520. The molecule has 0 spiro atoms. The molecule has 112 valence electrons. The molecule has 1 rings (SSSR count). The van der Waals surface area contributed by atoms with Crippen molar-refractivity contribution in [2.75, 3.05) is 18.5 Å². The average molecular weight is 283 g/mol. The van der Waals surface area contributed by atoms with Crippen LogP contribution in [0.3, 0.4) is 0 Å². The molecule has 1 aromatic heterocycles. The zero-order chi connectivity index (χ0) is 15.4. The van der Waals surface area contributed by atoms with Crippen LogP contribution >= 0.6 is 0 Å². The number of hydrogen-bond donors (Lipinski definition) is 2. The maximum Gasteiger partial charge on any atom is 0.422 e. The molecule has 20 heavy (non-hydrogen) atoms. The number of primary amides is 1. The molecule has 0 fully saturated rings. The lowest BCUT2D eigenvalue weighted by atomic mass is 10.1. The second kappa shape index (κ2) is 6.27. The summed E-state index contributed by atoms with van der Waals surface area (Å²) in [6, 6.07) is -0.864. The first kappa shape index (κ1) is 15.8. The van der Waals surface area contributed by atoms with Crippen molar-refractivity contribution in [3.63, 3.8) is 0 Å². The maximum absolute atomic E-state index is 12.5. The Morgan fingerprint density at radius 3 is 2.30 bits per heavy atom. The van der Waals surface area contributed by atoms with Gasteiger partial charge in [0.15, 0.2) is 0 Å². The van der Waals surface area contributed by atoms with Crippen molar-refractivity contribution >= 4 is 11.9 Å². The number of nitrogens with one attached hydrogen (secondary N) is 1. The molecule has 3 amide bonds. The van der Waals surface area contributed by atoms with Crippen molar-refractivity contribution in [1.82, 2.24) is 9.69 Å². The molecular formula is C12H21N5O3. The van der Waals surface area contributed by atoms with E-state index in [4.69, 9.17) is 5.73 Å². The highest BCUT2D eigenvalue weighted by molar-refractivity contribution is 5.96. The van der Waals surface area contributed by atoms with Gasteiger partial charge in [-0.1, -0.05) is 11.7 Å². The fourth-order valence-electron chi connectivity index (χ4n) is 2.16. The molecule has 0 radical (unpaired) electrons. The number of rotatable bonds is 5. The largest absolute Gasteiger partial charge is 0.692 e. The molecule has 0 saturated carbocycles. The van der Waals surface area contributed by atoms with E-state index in [0.717, 1.165) is 4.79 Å². The minimum atomic E-state index is -0.864. The highest BCUT2D eigenvalue weighted by Gasteiger charge is 2.28. The van der Waals surface area contributed by atoms with Gasteiger partial charge in [-0.3, -0.25) is 4.79 Å². The molecule has 0 aliphatic rings. The van der Waals surface area contributed by atoms with Crippen LogP contribution < -0.4 is 16.0 Å². The van der Waals surface area contributed by atoms with Crippen LogP contribution in [-0.2, 0) is 6.42 Å². The van der Waals surface area contributed by atoms with Crippen molar-refractivity contribution in [3.8, 4) is 0 Å². The van der Waals surface area contributed by atoms with Gasteiger partial charge in [-0.25, -0.2) is 4.79 Å². The van der Waals surface area contributed by atoms with Crippen LogP contribution in [0.15, 0.2) is 0 Å². The van der Waals surface area contributed by atoms with Gasteiger partial charge in [-0.15, -0.1) is 5.43 Å². The van der Waals surface area contributed by atoms with Gasteiger partial charge >= 0.3 is 6.03 Å². The maximum atomic E-state index is 12.5. The summed E-state index contributed by atoms with van der Waals surface area (Å²) in [4.78, 5) is 26.5. The van der Waals surface area contributed by atoms with E-state index in [2.05, 4.69) is 5.43 Å². The Morgan fingerprint density at radius 1 is 1.35 bits per heavy atom. The van der Waals surface area contributed by atoms with E-state index >= 15 is 0 Å². The number of nitrogens with zero attached hydrogens (tertiary/aromatic N) is 3. The molecule has 8 nitrogen and oxygen atoms in total. The van der Waals surface area contributed by atoms with E-state index in [-0.39, 0.29) is 5.91 Å². The predicted octanol–water partition coefficient (Wildman–Crippen LogP) is 0.0965. The fraction of sp³-hybridized carbons (Fsp3) is 0.583. The van der Waals surface area contributed by atoms with E-state index in [9.17, 15) is 14.8 Å². The van der Waals surface area contributed by atoms with Crippen molar-refractivity contribution in [2.45, 2.75) is 34.1 Å². The number of urea groups is 1. The number of aromatic nitrogens is 2. The van der Waals surface area contributed by atoms with Crippen LogP contribution in [0.5, 0.6) is 0 Å². The summed E-state index contributed by atoms with van der Waals surface area (Å²) in [7, 11) is 0. The van der Waals surface area contributed by atoms with E-state index < -0.39 is 6.03 Å². The van der Waals surface area contributed by atoms with Crippen LogP contribution in [0.4, 0.5) is 4.79 Å². The summed E-state index contributed by atoms with van der Waals surface area (Å²) in [5, 5.41) is 12.1. The summed E-state index contributed by atoms with van der Waals surface area (Å²) in [5.74, 6) is -0.223. The van der Waals surface area contributed by atoms with E-state index in [1.165, 1.54) is 0 Å². The number of carbonyl (C=O) groups excluding carboxylic acids is 2. The summed E-state index contributed by atoms with van der Waals surface area (Å²) < 4.78 is 0. The standard InChI is InChI=1S/C12H21N5O3/c1-5-9-10(11(18)15(6-2)7-3)8(4)16(17(9)20)14-12(13)19/h5-7H2,1-4H3,(H3,13,14,19). The van der Waals surface area contributed by atoms with E-state index in [1.807, 2.05) is 13.8 Å². The number of amides is 3. The topological polar surface area (TPSA) is 107 Å². The first-order valence-corrected chi connectivity index (χ1v) is 6.58. The van der Waals surface area contributed by atoms with Gasteiger partial charge in [0.1, 0.15) is 17.0 Å². The molecule has 1 aromatic rings. The fourth-order valence-corrected chi connectivity index (χ4v) is 2.16. The summed E-state index contributed by atoms with van der Waals surface area (Å²) in [5.41, 5.74) is 8.23. The normalized spacial score (nSPS) is 10.4. The van der Waals surface area contributed by atoms with Gasteiger partial charge in [0, 0.05) is 19.5 Å². The van der Waals surface area contributed by atoms with Crippen LogP contribution in [0.2, 0.25) is 0 Å². The molecule has 0 aliphatic carbocycles. The minimum absolute atomic E-state index is 0.223. The number of carbonyl (C=O) groups is 2. The summed E-state index contributed by atoms with van der Waals surface area (Å²) in [6.07, 6.45) is 0.375. The van der Waals surface area contributed by atoms with Crippen LogP contribution in [0.1, 0.15) is 42.5 Å². The average Bonchev–Trinajstić information content (AvgIpc) is 2.63. The van der Waals surface area contributed by atoms with Crippen LogP contribution in [-0.4, -0.2) is 34.7 Å². The molecule has 1 heterocycles. The summed E-state index contributed by atoms with van der Waals surface area (Å²) in [6.45, 7) is 8.20. The lowest BCUT2D eigenvalue weighted by Crippen LogP contribution is -2.48. The molecular weight excluding hydrogens is 262 g/mol. The molecule has 0 aliphatic heterocycles. The SMILES string of the molecule is CCc1c(C(=O)N(CC)CC)c(C)n(NC(N)=O)[n+]1[O-]. The molecule has 0 unspecified atom stereocenters. The molecule has 8 heteroatoms. The lowest BCUT2D eigenvalue weighted by Gasteiger charge is -2.18. The molecule has 0 saturated heterocycles. The third-order valence-corrected chi connectivity index (χ3v) is 3.20. The minimum Gasteiger partial charge on any atom is -0.692 e. The zero-order valence-electron chi connectivity index (χ0n) is 12.3. The Hall–Kier alpha value is -2.25. The third-order valence-electron chi connectivity index (χ3n) is 3.20. The lowest BCUT2D eigenvalue weighted by molar-refractivity contribution is -0.695. The second-order valence-corrected chi connectivity index (χ2v) is 4.30. The monoisotopic (exact) mass is 283 g/mol. The second-order valence-electron chi connectivity index (χ2n) is 4.30. The van der Waals surface area contributed by atoms with Crippen LogP contribution in [0, 0.1) is 12.1 Å². The Morgan fingerprint density at radius 2 is 1.90 bits per heavy atom. The Kier molecular flexibility index (Phi) is 4.95. The quantitative estimate of drug-likeness (QED) is 0.591. The Labute approximate surface area is 117 Å². The zero-order valence-corrected chi connectivity index (χ0v) is 12.3. The molecule has 0 bridgehead atoms. The van der Waals surface area contributed by atoms with Crippen molar-refractivity contribution in [2.24, 2.45) is 5.73 Å². The first-order valence-electron chi connectivity index (χ1n) is 6.58. The van der Waals surface area contributed by atoms with Gasteiger partial charge in [-0.2, -0.15) is 4.85 Å². The number of hydrogen-bond acceptors (Lipinski definition) is 3. The number of nitrogens with two attached hydrogens (primary N) is 1. The van der Waals surface area contributed by atoms with Gasteiger partial charge in [0.25, 0.3) is 5.91 Å². The highest BCUT2D eigenvalue weighted by Crippen LogP contribution is 2.15. The third kappa shape index (κ3) is 2.68. The molecule has 3 N–H and O–H groups in total. The van der Waals surface area contributed by atoms with Gasteiger partial charge in [0.05, 0.1) is 0 Å². The van der Waals surface area contributed by atoms with E-state index in [1.54, 1.807) is 18.7 Å². The predicted molar refractivity (Wildman–Crippen MR) is 73.7 cm³/mol. The smallest absolute Gasteiger partial charge is 0.422 e. The first-order chi connectivity index (χ1) is 9.38. The van der Waals surface area contributed by atoms with E-state index in [0.29, 0.717) is 41.3 Å². The Balaban J connectivity index is 3.39. The summed E-state index contributed by atoms with van der Waals surface area (Å²) >= 11 is 0. The highest BCUT2D eigenvalue weighted by atomic mass is 16.5. The van der Waals surface area contributed by atoms with Gasteiger partial charge in [-0.05, 0) is 20.8 Å². The van der Waals surface area contributed by atoms with Crippen molar-refractivity contribution in [1.29, 1.82) is 0 Å². The van der Waals surface area contributed by atoms with Gasteiger partial charge < -0.3 is 15.8 Å². The molecule has 0 atom stereocenters. The van der Waals surface area contributed by atoms with Crippen molar-refractivity contribution in [3.05, 3.63) is 22.2 Å². The van der Waals surface area contributed by atoms with Gasteiger partial charge in [0.2, 0.25) is 0 Å².